The summed E-state index contributed by atoms with van der Waals surface area (Å²) in [5.41, 5.74) is 2.61. The zero-order valence-corrected chi connectivity index (χ0v) is 20.8. The molecule has 0 aliphatic carbocycles. The Labute approximate surface area is 205 Å². The number of morpholine rings is 1. The molecule has 0 unspecified atom stereocenters. The molecular weight excluding hydrogens is 468 g/mol. The Kier molecular flexibility index (Phi) is 7.84. The Bertz CT molecular complexity index is 1280. The van der Waals surface area contributed by atoms with Gasteiger partial charge < -0.3 is 19.4 Å². The lowest BCUT2D eigenvalue weighted by Gasteiger charge is -2.26. The van der Waals surface area contributed by atoms with Crippen molar-refractivity contribution < 1.29 is 22.7 Å². The fraction of sp³-hybridized carbons (Fsp3) is 0.360. The van der Waals surface area contributed by atoms with E-state index in [1.807, 2.05) is 42.0 Å². The number of aromatic nitrogens is 2. The van der Waals surface area contributed by atoms with Gasteiger partial charge >= 0.3 is 0 Å². The first-order valence-electron chi connectivity index (χ1n) is 11.5. The van der Waals surface area contributed by atoms with Gasteiger partial charge in [-0.15, -0.1) is 0 Å². The maximum atomic E-state index is 13.0. The molecule has 1 aliphatic rings. The van der Waals surface area contributed by atoms with Gasteiger partial charge in [-0.2, -0.15) is 4.31 Å². The number of sulfonamides is 1. The zero-order chi connectivity index (χ0) is 24.8. The third-order valence-corrected chi connectivity index (χ3v) is 7.93. The predicted octanol–water partition coefficient (Wildman–Crippen LogP) is 2.46. The van der Waals surface area contributed by atoms with Crippen molar-refractivity contribution in [3.63, 3.8) is 0 Å². The number of nitrogens with one attached hydrogen (secondary N) is 1. The Morgan fingerprint density at radius 1 is 1.14 bits per heavy atom. The molecule has 186 valence electrons. The first-order chi connectivity index (χ1) is 16.9. The molecule has 10 heteroatoms. The lowest BCUT2D eigenvalue weighted by Crippen LogP contribution is -2.40. The van der Waals surface area contributed by atoms with Crippen molar-refractivity contribution in [2.24, 2.45) is 0 Å². The number of nitrogens with zero attached hydrogens (tertiary/aromatic N) is 3. The molecule has 2 aromatic carbocycles. The molecule has 0 saturated carbocycles. The first kappa shape index (κ1) is 24.9. The maximum Gasteiger partial charge on any atom is 0.243 e. The molecule has 4 rings (SSSR count). The van der Waals surface area contributed by atoms with Crippen LogP contribution in [-0.2, 0) is 32.5 Å². The Morgan fingerprint density at radius 3 is 2.63 bits per heavy atom. The minimum atomic E-state index is -3.63. The summed E-state index contributed by atoms with van der Waals surface area (Å²) in [6.45, 7) is 3.71. The van der Waals surface area contributed by atoms with E-state index in [4.69, 9.17) is 9.47 Å². The highest BCUT2D eigenvalue weighted by atomic mass is 32.2. The molecule has 35 heavy (non-hydrogen) atoms. The zero-order valence-electron chi connectivity index (χ0n) is 19.9. The van der Waals surface area contributed by atoms with Crippen molar-refractivity contribution in [2.45, 2.75) is 31.2 Å². The summed E-state index contributed by atoms with van der Waals surface area (Å²) in [6.07, 6.45) is 4.18. The van der Waals surface area contributed by atoms with Gasteiger partial charge in [-0.05, 0) is 48.7 Å². The predicted molar refractivity (Wildman–Crippen MR) is 131 cm³/mol. The number of amides is 1. The topological polar surface area (TPSA) is 103 Å². The van der Waals surface area contributed by atoms with Crippen LogP contribution in [0.25, 0.3) is 5.69 Å². The fourth-order valence-corrected chi connectivity index (χ4v) is 5.56. The smallest absolute Gasteiger partial charge is 0.243 e. The first-order valence-corrected chi connectivity index (χ1v) is 12.9. The van der Waals surface area contributed by atoms with E-state index in [1.54, 1.807) is 24.4 Å². The highest BCUT2D eigenvalue weighted by Crippen LogP contribution is 2.26. The summed E-state index contributed by atoms with van der Waals surface area (Å²) in [6, 6.07) is 12.6. The Morgan fingerprint density at radius 2 is 1.91 bits per heavy atom. The van der Waals surface area contributed by atoms with Crippen LogP contribution < -0.4 is 10.1 Å². The molecule has 9 nitrogen and oxygen atoms in total. The number of hydrogen-bond acceptors (Lipinski definition) is 6. The van der Waals surface area contributed by atoms with Crippen molar-refractivity contribution in [3.05, 3.63) is 71.8 Å². The quantitative estimate of drug-likeness (QED) is 0.486. The van der Waals surface area contributed by atoms with E-state index in [1.165, 1.54) is 11.4 Å². The van der Waals surface area contributed by atoms with Gasteiger partial charge in [-0.25, -0.2) is 13.4 Å². The van der Waals surface area contributed by atoms with Crippen molar-refractivity contribution in [2.75, 3.05) is 33.4 Å². The molecule has 1 aliphatic heterocycles. The standard InChI is InChI=1S/C25H30N4O5S/c1-19-26-11-12-29(19)23-6-4-3-5-21(23)18-27-25(30)10-7-20-17-22(8-9-24(20)33-2)35(31,32)28-13-15-34-16-14-28/h3-6,8-9,11-12,17H,7,10,13-16,18H2,1-2H3,(H,27,30). The van der Waals surface area contributed by atoms with Gasteiger partial charge in [0.25, 0.3) is 0 Å². The minimum Gasteiger partial charge on any atom is -0.496 e. The number of imidazole rings is 1. The van der Waals surface area contributed by atoms with E-state index in [0.717, 1.165) is 17.1 Å². The van der Waals surface area contributed by atoms with Crippen molar-refractivity contribution in [1.29, 1.82) is 0 Å². The van der Waals surface area contributed by atoms with Crippen LogP contribution in [0.15, 0.2) is 59.8 Å². The van der Waals surface area contributed by atoms with Crippen LogP contribution in [0.4, 0.5) is 0 Å². The second-order valence-corrected chi connectivity index (χ2v) is 10.2. The van der Waals surface area contributed by atoms with E-state index in [9.17, 15) is 13.2 Å². The highest BCUT2D eigenvalue weighted by molar-refractivity contribution is 7.89. The molecule has 0 spiro atoms. The molecule has 1 aromatic heterocycles. The molecule has 0 bridgehead atoms. The molecule has 1 amide bonds. The van der Waals surface area contributed by atoms with Crippen LogP contribution in [0.3, 0.4) is 0 Å². The van der Waals surface area contributed by atoms with Crippen LogP contribution in [0.5, 0.6) is 5.75 Å². The van der Waals surface area contributed by atoms with Gasteiger partial charge in [0.15, 0.2) is 0 Å². The van der Waals surface area contributed by atoms with Crippen LogP contribution in [0.1, 0.15) is 23.4 Å². The lowest BCUT2D eigenvalue weighted by molar-refractivity contribution is -0.121. The average Bonchev–Trinajstić information content (AvgIpc) is 3.32. The largest absolute Gasteiger partial charge is 0.496 e. The molecule has 1 saturated heterocycles. The minimum absolute atomic E-state index is 0.134. The number of para-hydroxylation sites is 1. The molecule has 3 aromatic rings. The Balaban J connectivity index is 1.42. The highest BCUT2D eigenvalue weighted by Gasteiger charge is 2.27. The SMILES string of the molecule is COc1ccc(S(=O)(=O)N2CCOCC2)cc1CCC(=O)NCc1ccccc1-n1ccnc1C. The number of benzene rings is 2. The summed E-state index contributed by atoms with van der Waals surface area (Å²) in [4.78, 5) is 17.1. The summed E-state index contributed by atoms with van der Waals surface area (Å²) < 4.78 is 40.2. The van der Waals surface area contributed by atoms with E-state index >= 15 is 0 Å². The van der Waals surface area contributed by atoms with Crippen molar-refractivity contribution in [3.8, 4) is 11.4 Å². The van der Waals surface area contributed by atoms with Gasteiger partial charge in [-0.3, -0.25) is 4.79 Å². The molecule has 1 fully saturated rings. The number of carbonyl (C=O) groups excluding carboxylic acids is 1. The van der Waals surface area contributed by atoms with Crippen LogP contribution in [0, 0.1) is 6.92 Å². The molecule has 0 atom stereocenters. The third kappa shape index (κ3) is 5.72. The average molecular weight is 499 g/mol. The number of aryl methyl sites for hydroxylation is 2. The van der Waals surface area contributed by atoms with Gasteiger partial charge in [0, 0.05) is 38.4 Å². The monoisotopic (exact) mass is 498 g/mol. The van der Waals surface area contributed by atoms with E-state index < -0.39 is 10.0 Å². The Hall–Kier alpha value is -3.21. The summed E-state index contributed by atoms with van der Waals surface area (Å²) in [5, 5.41) is 2.97. The second kappa shape index (κ2) is 11.0. The normalized spacial score (nSPS) is 14.6. The lowest BCUT2D eigenvalue weighted by atomic mass is 10.1. The summed E-state index contributed by atoms with van der Waals surface area (Å²) >= 11 is 0. The van der Waals surface area contributed by atoms with E-state index in [0.29, 0.717) is 50.6 Å². The number of methoxy groups -OCH3 is 1. The number of carbonyl (C=O) groups is 1. The number of hydrogen-bond donors (Lipinski definition) is 1. The van der Waals surface area contributed by atoms with Crippen LogP contribution in [-0.4, -0.2) is 61.6 Å². The summed E-state index contributed by atoms with van der Waals surface area (Å²) in [7, 11) is -2.10. The van der Waals surface area contributed by atoms with Crippen LogP contribution >= 0.6 is 0 Å². The molecule has 2 heterocycles. The molecule has 1 N–H and O–H groups in total. The number of ether oxygens (including phenoxy) is 2. The van der Waals surface area contributed by atoms with Gasteiger partial charge in [-0.1, -0.05) is 18.2 Å². The van der Waals surface area contributed by atoms with Gasteiger partial charge in [0.05, 0.1) is 30.9 Å². The second-order valence-electron chi connectivity index (χ2n) is 8.24. The number of rotatable bonds is 9. The third-order valence-electron chi connectivity index (χ3n) is 6.03. The van der Waals surface area contributed by atoms with Gasteiger partial charge in [0.1, 0.15) is 11.6 Å². The van der Waals surface area contributed by atoms with E-state index in [-0.39, 0.29) is 17.2 Å². The molecular formula is C25H30N4O5S. The summed E-state index contributed by atoms with van der Waals surface area (Å²) in [5.74, 6) is 1.29. The van der Waals surface area contributed by atoms with E-state index in [2.05, 4.69) is 10.3 Å². The van der Waals surface area contributed by atoms with Crippen molar-refractivity contribution >= 4 is 15.9 Å². The molecule has 0 radical (unpaired) electrons. The maximum absolute atomic E-state index is 13.0. The fourth-order valence-electron chi connectivity index (χ4n) is 4.11. The van der Waals surface area contributed by atoms with Crippen LogP contribution in [0.2, 0.25) is 0 Å². The van der Waals surface area contributed by atoms with Crippen molar-refractivity contribution in [1.82, 2.24) is 19.2 Å². The van der Waals surface area contributed by atoms with Gasteiger partial charge in [0.2, 0.25) is 15.9 Å².